The molecule has 0 amide bonds. The zero-order valence-corrected chi connectivity index (χ0v) is 45.3. The second-order valence-corrected chi connectivity index (χ2v) is 22.8. The third-order valence-electron chi connectivity index (χ3n) is 14.7. The lowest BCUT2D eigenvalue weighted by Crippen LogP contribution is -2.17. The van der Waals surface area contributed by atoms with Crippen molar-refractivity contribution < 1.29 is 0 Å². The number of aromatic nitrogens is 9. The Morgan fingerprint density at radius 2 is 0.420 bits per heavy atom. The maximum Gasteiger partial charge on any atom is 0.113 e. The predicted molar refractivity (Wildman–Crippen MR) is 324 cm³/mol. The van der Waals surface area contributed by atoms with E-state index in [1.807, 2.05) is 50.8 Å². The van der Waals surface area contributed by atoms with Gasteiger partial charge in [-0.05, 0) is 127 Å². The van der Waals surface area contributed by atoms with Crippen LogP contribution in [-0.2, 0) is 0 Å². The van der Waals surface area contributed by atoms with Gasteiger partial charge in [0.1, 0.15) is 17.1 Å². The fourth-order valence-electron chi connectivity index (χ4n) is 11.0. The molecule has 3 aromatic heterocycles. The van der Waals surface area contributed by atoms with Crippen LogP contribution in [0.5, 0.6) is 0 Å². The van der Waals surface area contributed by atoms with Gasteiger partial charge in [-0.2, -0.15) is 0 Å². The average molecular weight is 1100 g/mol. The second-order valence-electron chi connectivity index (χ2n) is 19.5. The molecule has 0 saturated carbocycles. The maximum absolute atomic E-state index is 4.91. The van der Waals surface area contributed by atoms with Gasteiger partial charge in [-0.25, -0.2) is 14.0 Å². The Kier molecular flexibility index (Phi) is 11.3. The van der Waals surface area contributed by atoms with Gasteiger partial charge in [-0.3, -0.25) is 0 Å². The highest BCUT2D eigenvalue weighted by atomic mass is 32.2. The van der Waals surface area contributed by atoms with Crippen LogP contribution in [0.4, 0.5) is 51.2 Å². The summed E-state index contributed by atoms with van der Waals surface area (Å²) in [5, 5.41) is 29.3. The van der Waals surface area contributed by atoms with Gasteiger partial charge in [0.2, 0.25) is 0 Å². The number of anilines is 9. The largest absolute Gasteiger partial charge is 0.306 e. The van der Waals surface area contributed by atoms with E-state index in [1.54, 1.807) is 35.3 Å². The van der Waals surface area contributed by atoms with Crippen LogP contribution in [0.1, 0.15) is 0 Å². The van der Waals surface area contributed by atoms with Gasteiger partial charge in [0.05, 0.1) is 86.8 Å². The SMILES string of the molecule is c1ccc2c(c1)Sc1ccccc1N2c1ccccc1-n1cc(-c2cc(-c3cn(-c4ccccc4N4c5ccccc5Sc5ccccc54)nn3)cc(-c3cn(-c4ccccc4N4c5ccccc5Sc5ccccc54)nn3)c2)nn1. The van der Waals surface area contributed by atoms with E-state index in [1.165, 1.54) is 29.4 Å². The van der Waals surface area contributed by atoms with Crippen molar-refractivity contribution >= 4 is 86.5 Å². The molecule has 6 heterocycles. The fraction of sp³-hybridized carbons (Fsp3) is 0. The Bertz CT molecular complexity index is 4000. The predicted octanol–water partition coefficient (Wildman–Crippen LogP) is 17.2. The third kappa shape index (κ3) is 8.11. The fourth-order valence-corrected chi connectivity index (χ4v) is 14.2. The first-order valence-corrected chi connectivity index (χ1v) is 28.8. The molecule has 0 radical (unpaired) electrons. The van der Waals surface area contributed by atoms with E-state index in [0.29, 0.717) is 17.1 Å². The quantitative estimate of drug-likeness (QED) is 0.138. The minimum absolute atomic E-state index is 0.666. The van der Waals surface area contributed by atoms with Crippen LogP contribution in [0, 0.1) is 0 Å². The molecule has 0 atom stereocenters. The van der Waals surface area contributed by atoms with E-state index in [9.17, 15) is 0 Å². The molecule has 0 bridgehead atoms. The number of para-hydroxylation sites is 12. The molecule has 3 aliphatic rings. The van der Waals surface area contributed by atoms with Crippen molar-refractivity contribution in [1.29, 1.82) is 0 Å². The highest BCUT2D eigenvalue weighted by molar-refractivity contribution is 8.00. The molecule has 0 saturated heterocycles. The van der Waals surface area contributed by atoms with Crippen molar-refractivity contribution in [1.82, 2.24) is 45.0 Å². The molecule has 0 aliphatic carbocycles. The van der Waals surface area contributed by atoms with Gasteiger partial charge in [0.25, 0.3) is 0 Å². The average Bonchev–Trinajstić information content (AvgIpc) is 4.45. The van der Waals surface area contributed by atoms with Crippen molar-refractivity contribution in [2.45, 2.75) is 29.4 Å². The van der Waals surface area contributed by atoms with Gasteiger partial charge in [0.15, 0.2) is 0 Å². The molecule has 0 fully saturated rings. The highest BCUT2D eigenvalue weighted by Crippen LogP contribution is 2.55. The van der Waals surface area contributed by atoms with E-state index >= 15 is 0 Å². The lowest BCUT2D eigenvalue weighted by Gasteiger charge is -2.33. The monoisotopic (exact) mass is 1100 g/mol. The van der Waals surface area contributed by atoms with E-state index in [4.69, 9.17) is 30.9 Å². The second kappa shape index (κ2) is 19.5. The van der Waals surface area contributed by atoms with Gasteiger partial charge in [-0.15, -0.1) is 15.3 Å². The molecule has 81 heavy (non-hydrogen) atoms. The van der Waals surface area contributed by atoms with Crippen LogP contribution < -0.4 is 14.7 Å². The molecule has 3 aliphatic heterocycles. The smallest absolute Gasteiger partial charge is 0.113 e. The molecule has 10 aromatic carbocycles. The summed E-state index contributed by atoms with van der Waals surface area (Å²) in [4.78, 5) is 14.0. The van der Waals surface area contributed by atoms with Crippen molar-refractivity contribution in [3.63, 3.8) is 0 Å². The molecule has 13 aromatic rings. The van der Waals surface area contributed by atoms with E-state index in [0.717, 1.165) is 84.9 Å². The zero-order chi connectivity index (χ0) is 53.4. The van der Waals surface area contributed by atoms with E-state index in [-0.39, 0.29) is 0 Å². The Balaban J connectivity index is 0.819. The van der Waals surface area contributed by atoms with Crippen LogP contribution >= 0.6 is 35.3 Å². The minimum atomic E-state index is 0.666. The summed E-state index contributed by atoms with van der Waals surface area (Å²) < 4.78 is 5.61. The van der Waals surface area contributed by atoms with Crippen molar-refractivity contribution in [2.75, 3.05) is 14.7 Å². The lowest BCUT2D eigenvalue weighted by atomic mass is 10.0. The summed E-state index contributed by atoms with van der Waals surface area (Å²) in [5.74, 6) is 0. The Morgan fingerprint density at radius 1 is 0.222 bits per heavy atom. The summed E-state index contributed by atoms with van der Waals surface area (Å²) in [6.45, 7) is 0. The summed E-state index contributed by atoms with van der Waals surface area (Å²) in [6.07, 6.45) is 5.99. The molecule has 0 spiro atoms. The maximum atomic E-state index is 4.91. The first-order valence-electron chi connectivity index (χ1n) is 26.3. The molecule has 384 valence electrons. The molecule has 0 N–H and O–H groups in total. The van der Waals surface area contributed by atoms with Gasteiger partial charge >= 0.3 is 0 Å². The van der Waals surface area contributed by atoms with Crippen LogP contribution in [0.25, 0.3) is 50.8 Å². The molecule has 15 heteroatoms. The molecule has 16 rings (SSSR count). The Labute approximate surface area is 478 Å². The lowest BCUT2D eigenvalue weighted by molar-refractivity contribution is 0.802. The van der Waals surface area contributed by atoms with Crippen molar-refractivity contribution in [2.24, 2.45) is 0 Å². The summed E-state index contributed by atoms with van der Waals surface area (Å²) in [7, 11) is 0. The van der Waals surface area contributed by atoms with E-state index < -0.39 is 0 Å². The topological polar surface area (TPSA) is 102 Å². The number of benzene rings is 10. The van der Waals surface area contributed by atoms with Crippen molar-refractivity contribution in [3.8, 4) is 50.8 Å². The number of hydrogen-bond donors (Lipinski definition) is 0. The summed E-state index contributed by atoms with van der Waals surface area (Å²) >= 11 is 5.35. The highest BCUT2D eigenvalue weighted by Gasteiger charge is 2.30. The van der Waals surface area contributed by atoms with Crippen LogP contribution in [0.15, 0.2) is 285 Å². The molecule has 0 unspecified atom stereocenters. The minimum Gasteiger partial charge on any atom is -0.306 e. The van der Waals surface area contributed by atoms with Crippen LogP contribution in [0.3, 0.4) is 0 Å². The molecular formula is C66H42N12S3. The zero-order valence-electron chi connectivity index (χ0n) is 42.8. The number of hydrogen-bond acceptors (Lipinski definition) is 12. The molecular weight excluding hydrogens is 1060 g/mol. The van der Waals surface area contributed by atoms with Gasteiger partial charge in [0, 0.05) is 46.1 Å². The first kappa shape index (κ1) is 47.1. The van der Waals surface area contributed by atoms with Gasteiger partial charge in [-0.1, -0.05) is 160 Å². The number of rotatable bonds is 9. The standard InChI is InChI=1S/C66H42N12S3/c1-4-22-52(76-55-25-7-13-31-61(55)79-62-32-14-8-26-56(62)76)49(19-1)73-40-46(67-70-73)43-37-44(47-41-74(71-68-47)50-20-2-5-23-53(50)77-57-27-9-15-33-63(57)80-64-34-16-10-28-58(64)77)39-45(38-43)48-42-75(72-69-48)51-21-3-6-24-54(51)78-59-29-11-17-35-65(59)81-66-36-18-12-30-60(66)78/h1-42H. The van der Waals surface area contributed by atoms with Crippen molar-refractivity contribution in [3.05, 3.63) is 255 Å². The first-order chi connectivity index (χ1) is 40.1. The molecule has 12 nitrogen and oxygen atoms in total. The third-order valence-corrected chi connectivity index (χ3v) is 18.1. The van der Waals surface area contributed by atoms with E-state index in [2.05, 4.69) is 233 Å². The Morgan fingerprint density at radius 3 is 0.654 bits per heavy atom. The number of nitrogens with zero attached hydrogens (tertiary/aromatic N) is 12. The number of fused-ring (bicyclic) bond motifs is 6. The summed E-state index contributed by atoms with van der Waals surface area (Å²) in [5.41, 5.74) is 16.6. The Hall–Kier alpha value is -9.93. The summed E-state index contributed by atoms with van der Waals surface area (Å²) in [6, 6.07) is 82.6. The normalized spacial score (nSPS) is 13.0. The van der Waals surface area contributed by atoms with Gasteiger partial charge < -0.3 is 14.7 Å². The van der Waals surface area contributed by atoms with Crippen LogP contribution in [0.2, 0.25) is 0 Å². The van der Waals surface area contributed by atoms with Crippen LogP contribution in [-0.4, -0.2) is 45.0 Å².